The van der Waals surface area contributed by atoms with E-state index in [0.717, 1.165) is 17.3 Å². The molecule has 0 radical (unpaired) electrons. The molecule has 1 amide bonds. The molecule has 10 heteroatoms. The number of carbonyl (C=O) groups is 2. The zero-order chi connectivity index (χ0) is 27.1. The van der Waals surface area contributed by atoms with E-state index in [-0.39, 0.29) is 28.7 Å². The molecule has 0 aromatic heterocycles. The summed E-state index contributed by atoms with van der Waals surface area (Å²) in [7, 11) is 0. The Morgan fingerprint density at radius 2 is 1.87 bits per heavy atom. The van der Waals surface area contributed by atoms with Crippen LogP contribution in [0, 0.1) is 19.8 Å². The first-order valence-corrected chi connectivity index (χ1v) is 11.9. The molecule has 0 fully saturated rings. The number of carbonyl (C=O) groups excluding carboxylic acids is 1. The van der Waals surface area contributed by atoms with Crippen molar-refractivity contribution >= 4 is 40.8 Å². The van der Waals surface area contributed by atoms with Crippen molar-refractivity contribution in [3.8, 4) is 5.75 Å². The van der Waals surface area contributed by atoms with Crippen LogP contribution in [0.15, 0.2) is 86.3 Å². The summed E-state index contributed by atoms with van der Waals surface area (Å²) >= 11 is 0. The van der Waals surface area contributed by atoms with Gasteiger partial charge in [0.1, 0.15) is 17.0 Å². The standard InChI is InChI=1S/C28H25N5O5/c1-14-7-9-18(11-15(14)2)33-27(36)24(16(3)32-33)31-30-22-6-4-5-19(26(22)35)17-8-10-20-23(12-17)29-13-21(25(20)34)28(37)38/h4-13,20,23-24,34-35H,1-3H3,(H,37,38). The number of hydrazone groups is 1. The van der Waals surface area contributed by atoms with Gasteiger partial charge in [0.15, 0.2) is 11.8 Å². The summed E-state index contributed by atoms with van der Waals surface area (Å²) in [5.41, 5.74) is 4.30. The fourth-order valence-corrected chi connectivity index (χ4v) is 4.50. The van der Waals surface area contributed by atoms with E-state index >= 15 is 0 Å². The summed E-state index contributed by atoms with van der Waals surface area (Å²) < 4.78 is 0. The van der Waals surface area contributed by atoms with Gasteiger partial charge >= 0.3 is 5.97 Å². The van der Waals surface area contributed by atoms with Gasteiger partial charge < -0.3 is 15.3 Å². The van der Waals surface area contributed by atoms with Gasteiger partial charge in [-0.1, -0.05) is 36.4 Å². The minimum Gasteiger partial charge on any atom is -0.511 e. The van der Waals surface area contributed by atoms with E-state index < -0.39 is 24.0 Å². The maximum absolute atomic E-state index is 13.1. The van der Waals surface area contributed by atoms with Crippen LogP contribution in [-0.4, -0.2) is 51.2 Å². The lowest BCUT2D eigenvalue weighted by atomic mass is 9.85. The van der Waals surface area contributed by atoms with Crippen molar-refractivity contribution in [2.24, 2.45) is 26.2 Å². The monoisotopic (exact) mass is 511 g/mol. The molecule has 2 aromatic rings. The molecule has 3 aliphatic rings. The first-order valence-electron chi connectivity index (χ1n) is 11.9. The molecule has 2 aromatic carbocycles. The highest BCUT2D eigenvalue weighted by molar-refractivity contribution is 6.18. The number of carboxylic acids is 1. The summed E-state index contributed by atoms with van der Waals surface area (Å²) in [6, 6.07) is 9.20. The lowest BCUT2D eigenvalue weighted by Gasteiger charge is -2.26. The highest BCUT2D eigenvalue weighted by Crippen LogP contribution is 2.39. The maximum atomic E-state index is 13.1. The van der Waals surface area contributed by atoms with Crippen LogP contribution in [0.3, 0.4) is 0 Å². The van der Waals surface area contributed by atoms with Crippen LogP contribution in [0.2, 0.25) is 0 Å². The quantitative estimate of drug-likeness (QED) is 0.493. The Bertz CT molecular complexity index is 1550. The highest BCUT2D eigenvalue weighted by atomic mass is 16.4. The molecule has 3 N–H and O–H groups in total. The normalized spacial score (nSPS) is 22.7. The fraction of sp³-hybridized carbons (Fsp3) is 0.214. The van der Waals surface area contributed by atoms with E-state index in [1.807, 2.05) is 32.0 Å². The number of anilines is 1. The third-order valence-corrected chi connectivity index (χ3v) is 6.84. The number of azo groups is 1. The molecule has 38 heavy (non-hydrogen) atoms. The summed E-state index contributed by atoms with van der Waals surface area (Å²) in [4.78, 5) is 28.6. The summed E-state index contributed by atoms with van der Waals surface area (Å²) in [5.74, 6) is -2.58. The van der Waals surface area contributed by atoms with Crippen LogP contribution in [-0.2, 0) is 9.59 Å². The molecule has 2 aliphatic heterocycles. The predicted molar refractivity (Wildman–Crippen MR) is 143 cm³/mol. The summed E-state index contributed by atoms with van der Waals surface area (Å²) in [6.07, 6.45) is 6.22. The van der Waals surface area contributed by atoms with Gasteiger partial charge in [-0.15, -0.1) is 0 Å². The maximum Gasteiger partial charge on any atom is 0.340 e. The van der Waals surface area contributed by atoms with Crippen molar-refractivity contribution < 1.29 is 24.9 Å². The Morgan fingerprint density at radius 1 is 1.08 bits per heavy atom. The Kier molecular flexibility index (Phi) is 6.23. The number of benzene rings is 2. The Morgan fingerprint density at radius 3 is 2.61 bits per heavy atom. The van der Waals surface area contributed by atoms with E-state index in [1.165, 1.54) is 5.01 Å². The number of aliphatic carboxylic acids is 1. The summed E-state index contributed by atoms with van der Waals surface area (Å²) in [6.45, 7) is 5.66. The lowest BCUT2D eigenvalue weighted by Crippen LogP contribution is -2.29. The molecule has 0 saturated carbocycles. The smallest absolute Gasteiger partial charge is 0.340 e. The molecular weight excluding hydrogens is 486 g/mol. The minimum absolute atomic E-state index is 0.137. The third kappa shape index (κ3) is 4.30. The van der Waals surface area contributed by atoms with Crippen LogP contribution in [0.4, 0.5) is 11.4 Å². The van der Waals surface area contributed by atoms with Gasteiger partial charge in [-0.3, -0.25) is 9.79 Å². The number of phenols is 1. The van der Waals surface area contributed by atoms with Gasteiger partial charge in [0.2, 0.25) is 0 Å². The zero-order valence-corrected chi connectivity index (χ0v) is 20.9. The Labute approximate surface area is 218 Å². The SMILES string of the molecule is CC1=NN(c2ccc(C)c(C)c2)C(=O)C1N=Nc1cccc(C2=CC3N=CC(C(=O)O)=C(O)C3C=C2)c1O. The number of hydrogen-bond donors (Lipinski definition) is 3. The van der Waals surface area contributed by atoms with Gasteiger partial charge in [-0.2, -0.15) is 20.3 Å². The van der Waals surface area contributed by atoms with Crippen LogP contribution in [0.25, 0.3) is 5.57 Å². The molecule has 3 atom stereocenters. The van der Waals surface area contributed by atoms with Crippen molar-refractivity contribution in [1.82, 2.24) is 0 Å². The Balaban J connectivity index is 1.37. The minimum atomic E-state index is -1.25. The zero-order valence-electron chi connectivity index (χ0n) is 20.9. The number of hydrogen-bond acceptors (Lipinski definition) is 8. The van der Waals surface area contributed by atoms with Crippen molar-refractivity contribution in [3.63, 3.8) is 0 Å². The number of aryl methyl sites for hydroxylation is 2. The van der Waals surface area contributed by atoms with E-state index in [4.69, 9.17) is 0 Å². The molecule has 0 saturated heterocycles. The number of aliphatic hydroxyl groups is 1. The lowest BCUT2D eigenvalue weighted by molar-refractivity contribution is -0.132. The molecule has 3 unspecified atom stereocenters. The van der Waals surface area contributed by atoms with Crippen LogP contribution in [0.1, 0.15) is 23.6 Å². The van der Waals surface area contributed by atoms with Crippen molar-refractivity contribution in [1.29, 1.82) is 0 Å². The van der Waals surface area contributed by atoms with Gasteiger partial charge in [-0.05, 0) is 55.7 Å². The second-order valence-electron chi connectivity index (χ2n) is 9.33. The van der Waals surface area contributed by atoms with Crippen LogP contribution < -0.4 is 5.01 Å². The van der Waals surface area contributed by atoms with Gasteiger partial charge in [0, 0.05) is 11.8 Å². The van der Waals surface area contributed by atoms with Crippen molar-refractivity contribution in [3.05, 3.63) is 82.6 Å². The number of phenolic OH excluding ortho intramolecular Hbond substituents is 1. The molecular formula is C28H25N5O5. The van der Waals surface area contributed by atoms with E-state index in [2.05, 4.69) is 20.3 Å². The molecule has 0 spiro atoms. The number of nitrogens with zero attached hydrogens (tertiary/aromatic N) is 5. The third-order valence-electron chi connectivity index (χ3n) is 6.84. The number of rotatable bonds is 5. The fourth-order valence-electron chi connectivity index (χ4n) is 4.50. The number of para-hydroxylation sites is 1. The number of allylic oxidation sites excluding steroid dienone is 2. The van der Waals surface area contributed by atoms with Crippen LogP contribution >= 0.6 is 0 Å². The van der Waals surface area contributed by atoms with Crippen molar-refractivity contribution in [2.45, 2.75) is 32.9 Å². The van der Waals surface area contributed by atoms with Gasteiger partial charge in [0.25, 0.3) is 5.91 Å². The van der Waals surface area contributed by atoms with E-state index in [9.17, 15) is 24.9 Å². The number of aliphatic hydroxyl groups excluding tert-OH is 1. The number of aromatic hydroxyl groups is 1. The first kappa shape index (κ1) is 24.8. The topological polar surface area (TPSA) is 148 Å². The number of fused-ring (bicyclic) bond motifs is 1. The molecule has 2 heterocycles. The number of dihydropyridines is 1. The number of amides is 1. The van der Waals surface area contributed by atoms with E-state index in [0.29, 0.717) is 22.5 Å². The number of carboxylic acid groups (broad SMARTS) is 1. The second-order valence-corrected chi connectivity index (χ2v) is 9.33. The highest BCUT2D eigenvalue weighted by Gasteiger charge is 2.35. The largest absolute Gasteiger partial charge is 0.511 e. The molecule has 5 rings (SSSR count). The van der Waals surface area contributed by atoms with Gasteiger partial charge in [-0.25, -0.2) is 4.79 Å². The first-order chi connectivity index (χ1) is 18.2. The van der Waals surface area contributed by atoms with Gasteiger partial charge in [0.05, 0.1) is 23.4 Å². The van der Waals surface area contributed by atoms with Crippen molar-refractivity contribution in [2.75, 3.05) is 5.01 Å². The molecule has 1 aliphatic carbocycles. The van der Waals surface area contributed by atoms with Crippen LogP contribution in [0.5, 0.6) is 5.75 Å². The molecule has 192 valence electrons. The average molecular weight is 512 g/mol. The second kappa shape index (κ2) is 9.55. The Hall–Kier alpha value is -4.86. The number of aliphatic imine (C=N–C) groups is 1. The summed E-state index contributed by atoms with van der Waals surface area (Å²) in [5, 5.41) is 44.6. The molecule has 0 bridgehead atoms. The van der Waals surface area contributed by atoms with E-state index in [1.54, 1.807) is 43.4 Å². The predicted octanol–water partition coefficient (Wildman–Crippen LogP) is 4.80. The molecule has 10 nitrogen and oxygen atoms in total. The average Bonchev–Trinajstić information content (AvgIpc) is 3.17.